The molecule has 2 unspecified atom stereocenters. The van der Waals surface area contributed by atoms with Gasteiger partial charge in [0.25, 0.3) is 0 Å². The van der Waals surface area contributed by atoms with Crippen LogP contribution in [0.2, 0.25) is 0 Å². The lowest BCUT2D eigenvalue weighted by molar-refractivity contribution is -0.120. The zero-order valence-corrected chi connectivity index (χ0v) is 11.5. The van der Waals surface area contributed by atoms with E-state index in [1.165, 1.54) is 0 Å². The lowest BCUT2D eigenvalue weighted by Gasteiger charge is -2.14. The van der Waals surface area contributed by atoms with Crippen molar-refractivity contribution in [1.82, 2.24) is 10.3 Å². The summed E-state index contributed by atoms with van der Waals surface area (Å²) in [6.45, 7) is 5.68. The molecule has 92 valence electrons. The maximum Gasteiger partial charge on any atom is 0.230 e. The van der Waals surface area contributed by atoms with Gasteiger partial charge in [0.15, 0.2) is 0 Å². The summed E-state index contributed by atoms with van der Waals surface area (Å²) in [5.41, 5.74) is 0.964. The minimum absolute atomic E-state index is 0.0415. The Labute approximate surface area is 109 Å². The van der Waals surface area contributed by atoms with Crippen molar-refractivity contribution in [2.45, 2.75) is 13.8 Å². The lowest BCUT2D eigenvalue weighted by Crippen LogP contribution is -2.28. The van der Waals surface area contributed by atoms with Gasteiger partial charge in [-0.15, -0.1) is 0 Å². The van der Waals surface area contributed by atoms with Gasteiger partial charge in [-0.2, -0.15) is 0 Å². The average molecular weight is 298 g/mol. The van der Waals surface area contributed by atoms with Crippen LogP contribution in [0, 0.1) is 18.8 Å². The standard InChI is InChI=1S/C12H16BrN3O/c1-7-3-9(13)5-15-11(7)16-12(17)10-6-14-4-8(10)2/h3,5,8,10,14H,4,6H2,1-2H3,(H,15,16,17). The third-order valence-corrected chi connectivity index (χ3v) is 3.57. The van der Waals surface area contributed by atoms with Crippen LogP contribution in [0.15, 0.2) is 16.7 Å². The van der Waals surface area contributed by atoms with E-state index < -0.39 is 0 Å². The van der Waals surface area contributed by atoms with Crippen molar-refractivity contribution in [3.8, 4) is 0 Å². The molecule has 1 aromatic rings. The Balaban J connectivity index is 2.07. The minimum Gasteiger partial charge on any atom is -0.316 e. The van der Waals surface area contributed by atoms with Crippen molar-refractivity contribution in [2.75, 3.05) is 18.4 Å². The average Bonchev–Trinajstić information content (AvgIpc) is 2.68. The largest absolute Gasteiger partial charge is 0.316 e. The molecule has 2 atom stereocenters. The van der Waals surface area contributed by atoms with Crippen LogP contribution in [0.3, 0.4) is 0 Å². The monoisotopic (exact) mass is 297 g/mol. The molecule has 0 aromatic carbocycles. The van der Waals surface area contributed by atoms with Gasteiger partial charge < -0.3 is 10.6 Å². The molecule has 1 aliphatic rings. The first kappa shape index (κ1) is 12.5. The van der Waals surface area contributed by atoms with Gasteiger partial charge in [-0.05, 0) is 46.9 Å². The van der Waals surface area contributed by atoms with Crippen LogP contribution in [0.5, 0.6) is 0 Å². The van der Waals surface area contributed by atoms with E-state index in [0.717, 1.165) is 23.1 Å². The molecule has 0 aliphatic carbocycles. The van der Waals surface area contributed by atoms with Gasteiger partial charge in [-0.3, -0.25) is 4.79 Å². The zero-order chi connectivity index (χ0) is 12.4. The van der Waals surface area contributed by atoms with Gasteiger partial charge >= 0.3 is 0 Å². The van der Waals surface area contributed by atoms with Crippen molar-refractivity contribution in [2.24, 2.45) is 11.8 Å². The summed E-state index contributed by atoms with van der Waals surface area (Å²) in [6, 6.07) is 1.94. The van der Waals surface area contributed by atoms with E-state index in [1.807, 2.05) is 13.0 Å². The van der Waals surface area contributed by atoms with E-state index in [0.29, 0.717) is 11.7 Å². The van der Waals surface area contributed by atoms with E-state index in [2.05, 4.69) is 38.5 Å². The van der Waals surface area contributed by atoms with Crippen molar-refractivity contribution in [1.29, 1.82) is 0 Å². The van der Waals surface area contributed by atoms with Crippen molar-refractivity contribution < 1.29 is 4.79 Å². The summed E-state index contributed by atoms with van der Waals surface area (Å²) in [6.07, 6.45) is 1.69. The van der Waals surface area contributed by atoms with Gasteiger partial charge in [0.05, 0.1) is 5.92 Å². The predicted octanol–water partition coefficient (Wildman–Crippen LogP) is 1.95. The summed E-state index contributed by atoms with van der Waals surface area (Å²) in [7, 11) is 0. The highest BCUT2D eigenvalue weighted by molar-refractivity contribution is 9.10. The number of nitrogens with one attached hydrogen (secondary N) is 2. The maximum atomic E-state index is 12.1. The number of amides is 1. The Kier molecular flexibility index (Phi) is 3.79. The topological polar surface area (TPSA) is 54.0 Å². The normalized spacial score (nSPS) is 23.7. The zero-order valence-electron chi connectivity index (χ0n) is 9.96. The number of halogens is 1. The van der Waals surface area contributed by atoms with Crippen LogP contribution in [0.25, 0.3) is 0 Å². The summed E-state index contributed by atoms with van der Waals surface area (Å²) >= 11 is 3.35. The SMILES string of the molecule is Cc1cc(Br)cnc1NC(=O)C1CNCC1C. The number of pyridine rings is 1. The van der Waals surface area contributed by atoms with Gasteiger partial charge in [-0.1, -0.05) is 6.92 Å². The third-order valence-electron chi connectivity index (χ3n) is 3.14. The van der Waals surface area contributed by atoms with Gasteiger partial charge in [-0.25, -0.2) is 4.98 Å². The van der Waals surface area contributed by atoms with E-state index in [-0.39, 0.29) is 11.8 Å². The molecule has 1 saturated heterocycles. The van der Waals surface area contributed by atoms with Crippen molar-refractivity contribution in [3.05, 3.63) is 22.3 Å². The third kappa shape index (κ3) is 2.84. The minimum atomic E-state index is 0.0415. The number of nitrogens with zero attached hydrogens (tertiary/aromatic N) is 1. The lowest BCUT2D eigenvalue weighted by atomic mass is 9.97. The number of aryl methyl sites for hydroxylation is 1. The van der Waals surface area contributed by atoms with Crippen LogP contribution in [0.1, 0.15) is 12.5 Å². The molecule has 0 saturated carbocycles. The van der Waals surface area contributed by atoms with Crippen LogP contribution in [-0.4, -0.2) is 24.0 Å². The molecular formula is C12H16BrN3O. The summed E-state index contributed by atoms with van der Waals surface area (Å²) in [4.78, 5) is 16.3. The second kappa shape index (κ2) is 5.14. The summed E-state index contributed by atoms with van der Waals surface area (Å²) in [5, 5.41) is 6.12. The molecule has 1 aliphatic heterocycles. The fraction of sp³-hybridized carbons (Fsp3) is 0.500. The fourth-order valence-corrected chi connectivity index (χ4v) is 2.49. The highest BCUT2D eigenvalue weighted by Gasteiger charge is 2.29. The summed E-state index contributed by atoms with van der Waals surface area (Å²) in [5.74, 6) is 1.13. The second-order valence-corrected chi connectivity index (χ2v) is 5.47. The molecule has 1 amide bonds. The van der Waals surface area contributed by atoms with Crippen LogP contribution >= 0.6 is 15.9 Å². The number of anilines is 1. The molecule has 2 heterocycles. The highest BCUT2D eigenvalue weighted by atomic mass is 79.9. The highest BCUT2D eigenvalue weighted by Crippen LogP contribution is 2.20. The van der Waals surface area contributed by atoms with Gasteiger partial charge in [0.1, 0.15) is 5.82 Å². The number of rotatable bonds is 2. The molecule has 0 spiro atoms. The number of hydrogen-bond donors (Lipinski definition) is 2. The molecular weight excluding hydrogens is 282 g/mol. The molecule has 17 heavy (non-hydrogen) atoms. The first-order valence-electron chi connectivity index (χ1n) is 5.71. The second-order valence-electron chi connectivity index (χ2n) is 4.55. The van der Waals surface area contributed by atoms with Crippen LogP contribution in [0.4, 0.5) is 5.82 Å². The number of carbonyl (C=O) groups excluding carboxylic acids is 1. The molecule has 0 bridgehead atoms. The summed E-state index contributed by atoms with van der Waals surface area (Å²) < 4.78 is 0.920. The van der Waals surface area contributed by atoms with Gasteiger partial charge in [0.2, 0.25) is 5.91 Å². The Morgan fingerprint density at radius 2 is 2.35 bits per heavy atom. The first-order chi connectivity index (χ1) is 8.08. The maximum absolute atomic E-state index is 12.1. The number of aromatic nitrogens is 1. The predicted molar refractivity (Wildman–Crippen MR) is 70.8 cm³/mol. The Hall–Kier alpha value is -0.940. The molecule has 5 heteroatoms. The van der Waals surface area contributed by atoms with Crippen molar-refractivity contribution >= 4 is 27.7 Å². The molecule has 0 radical (unpaired) electrons. The molecule has 2 rings (SSSR count). The molecule has 4 nitrogen and oxygen atoms in total. The van der Waals surface area contributed by atoms with E-state index >= 15 is 0 Å². The molecule has 1 aromatic heterocycles. The van der Waals surface area contributed by atoms with Crippen LogP contribution in [-0.2, 0) is 4.79 Å². The Morgan fingerprint density at radius 1 is 1.59 bits per heavy atom. The fourth-order valence-electron chi connectivity index (χ4n) is 2.04. The van der Waals surface area contributed by atoms with E-state index in [9.17, 15) is 4.79 Å². The number of hydrogen-bond acceptors (Lipinski definition) is 3. The first-order valence-corrected chi connectivity index (χ1v) is 6.51. The van der Waals surface area contributed by atoms with E-state index in [1.54, 1.807) is 6.20 Å². The molecule has 1 fully saturated rings. The Morgan fingerprint density at radius 3 is 2.94 bits per heavy atom. The van der Waals surface area contributed by atoms with Gasteiger partial charge in [0, 0.05) is 17.2 Å². The Bertz CT molecular complexity index is 436. The quantitative estimate of drug-likeness (QED) is 0.877. The van der Waals surface area contributed by atoms with Crippen molar-refractivity contribution in [3.63, 3.8) is 0 Å². The van der Waals surface area contributed by atoms with Crippen LogP contribution < -0.4 is 10.6 Å². The smallest absolute Gasteiger partial charge is 0.230 e. The number of carbonyl (C=O) groups is 1. The van der Waals surface area contributed by atoms with E-state index in [4.69, 9.17) is 0 Å². The molecule has 2 N–H and O–H groups in total.